The number of carbonyl (C=O) groups is 3. The largest absolute Gasteiger partial charge is 0.481 e. The number of hydrogen-bond acceptors (Lipinski definition) is 4. The van der Waals surface area contributed by atoms with Crippen LogP contribution in [-0.4, -0.2) is 41.8 Å². The van der Waals surface area contributed by atoms with Gasteiger partial charge in [-0.2, -0.15) is 0 Å². The molecule has 3 unspecified atom stereocenters. The van der Waals surface area contributed by atoms with Crippen molar-refractivity contribution in [3.05, 3.63) is 59.7 Å². The first kappa shape index (κ1) is 25.3. The van der Waals surface area contributed by atoms with Gasteiger partial charge in [0.1, 0.15) is 12.6 Å². The molecule has 0 bridgehead atoms. The number of carbonyl (C=O) groups excluding carboxylic acids is 2. The van der Waals surface area contributed by atoms with Gasteiger partial charge in [0.05, 0.1) is 5.92 Å². The molecule has 34 heavy (non-hydrogen) atoms. The van der Waals surface area contributed by atoms with Crippen LogP contribution in [0.15, 0.2) is 48.5 Å². The van der Waals surface area contributed by atoms with E-state index in [1.54, 1.807) is 20.8 Å². The minimum absolute atomic E-state index is 0.0704. The normalized spacial score (nSPS) is 15.1. The zero-order chi connectivity index (χ0) is 24.8. The summed E-state index contributed by atoms with van der Waals surface area (Å²) in [5.41, 5.74) is 4.51. The third-order valence-electron chi connectivity index (χ3n) is 6.44. The van der Waals surface area contributed by atoms with Crippen molar-refractivity contribution in [1.29, 1.82) is 0 Å². The summed E-state index contributed by atoms with van der Waals surface area (Å²) >= 11 is 0. The summed E-state index contributed by atoms with van der Waals surface area (Å²) in [5.74, 6) is -2.30. The summed E-state index contributed by atoms with van der Waals surface area (Å²) in [6.07, 6.45) is 0.423. The molecule has 3 N–H and O–H groups in total. The molecule has 0 fully saturated rings. The van der Waals surface area contributed by atoms with Gasteiger partial charge in [-0.3, -0.25) is 9.59 Å². The average Bonchev–Trinajstić information content (AvgIpc) is 3.10. The van der Waals surface area contributed by atoms with Crippen LogP contribution in [0.25, 0.3) is 11.1 Å². The lowest BCUT2D eigenvalue weighted by atomic mass is 9.89. The Morgan fingerprint density at radius 3 is 2.00 bits per heavy atom. The van der Waals surface area contributed by atoms with E-state index >= 15 is 0 Å². The molecular formula is C27H34N2O5. The standard InChI is InChI=1S/C27H34N2O5/c1-5-10-23(25(30)28-17(4)24(16(2)3)26(31)32)29-27(33)34-15-22-20-13-8-6-11-18(20)19-12-7-9-14-21(19)22/h6-9,11-14,16-17,22-24H,5,10,15H2,1-4H3,(H,28,30)(H,29,33)(H,31,32). The van der Waals surface area contributed by atoms with Crippen molar-refractivity contribution in [3.63, 3.8) is 0 Å². The zero-order valence-electron chi connectivity index (χ0n) is 20.2. The van der Waals surface area contributed by atoms with E-state index in [0.717, 1.165) is 22.3 Å². The van der Waals surface area contributed by atoms with Gasteiger partial charge in [-0.1, -0.05) is 75.7 Å². The molecule has 3 rings (SSSR count). The van der Waals surface area contributed by atoms with Gasteiger partial charge in [0.2, 0.25) is 5.91 Å². The van der Waals surface area contributed by atoms with Gasteiger partial charge in [0.15, 0.2) is 0 Å². The second-order valence-corrected chi connectivity index (χ2v) is 9.22. The monoisotopic (exact) mass is 466 g/mol. The second kappa shape index (κ2) is 11.2. The number of carboxylic acids is 1. The number of benzene rings is 2. The first-order valence-electron chi connectivity index (χ1n) is 11.9. The molecule has 7 heteroatoms. The summed E-state index contributed by atoms with van der Waals surface area (Å²) < 4.78 is 5.57. The first-order valence-corrected chi connectivity index (χ1v) is 11.9. The van der Waals surface area contributed by atoms with Crippen LogP contribution in [0.1, 0.15) is 57.6 Å². The van der Waals surface area contributed by atoms with Crippen molar-refractivity contribution >= 4 is 18.0 Å². The number of ether oxygens (including phenoxy) is 1. The summed E-state index contributed by atoms with van der Waals surface area (Å²) in [7, 11) is 0. The van der Waals surface area contributed by atoms with Crippen LogP contribution in [0.2, 0.25) is 0 Å². The maximum absolute atomic E-state index is 12.8. The van der Waals surface area contributed by atoms with E-state index in [0.29, 0.717) is 12.8 Å². The van der Waals surface area contributed by atoms with Gasteiger partial charge in [-0.05, 0) is 41.5 Å². The van der Waals surface area contributed by atoms with E-state index in [9.17, 15) is 19.5 Å². The van der Waals surface area contributed by atoms with E-state index < -0.39 is 36.0 Å². The Hall–Kier alpha value is -3.35. The van der Waals surface area contributed by atoms with Crippen molar-refractivity contribution in [1.82, 2.24) is 10.6 Å². The summed E-state index contributed by atoms with van der Waals surface area (Å²) in [5, 5.41) is 14.9. The van der Waals surface area contributed by atoms with Crippen LogP contribution in [0.3, 0.4) is 0 Å². The van der Waals surface area contributed by atoms with Gasteiger partial charge in [0.25, 0.3) is 0 Å². The van der Waals surface area contributed by atoms with Crippen LogP contribution < -0.4 is 10.6 Å². The Kier molecular flexibility index (Phi) is 8.31. The number of aliphatic carboxylic acids is 1. The minimum Gasteiger partial charge on any atom is -0.481 e. The van der Waals surface area contributed by atoms with E-state index in [4.69, 9.17) is 4.74 Å². The molecule has 0 radical (unpaired) electrons. The van der Waals surface area contributed by atoms with Crippen molar-refractivity contribution < 1.29 is 24.2 Å². The number of hydrogen-bond donors (Lipinski definition) is 3. The first-order chi connectivity index (χ1) is 16.2. The average molecular weight is 467 g/mol. The Bertz CT molecular complexity index is 990. The second-order valence-electron chi connectivity index (χ2n) is 9.22. The number of nitrogens with one attached hydrogen (secondary N) is 2. The zero-order valence-corrected chi connectivity index (χ0v) is 20.2. The van der Waals surface area contributed by atoms with Crippen molar-refractivity contribution in [3.8, 4) is 11.1 Å². The van der Waals surface area contributed by atoms with Crippen LogP contribution in [0.5, 0.6) is 0 Å². The van der Waals surface area contributed by atoms with E-state index in [2.05, 4.69) is 22.8 Å². The summed E-state index contributed by atoms with van der Waals surface area (Å²) in [4.78, 5) is 37.1. The van der Waals surface area contributed by atoms with Gasteiger partial charge in [-0.25, -0.2) is 4.79 Å². The third-order valence-corrected chi connectivity index (χ3v) is 6.44. The predicted octanol–water partition coefficient (Wildman–Crippen LogP) is 4.56. The van der Waals surface area contributed by atoms with Crippen molar-refractivity contribution in [2.75, 3.05) is 6.61 Å². The van der Waals surface area contributed by atoms with Crippen LogP contribution in [0, 0.1) is 11.8 Å². The van der Waals surface area contributed by atoms with E-state index in [1.165, 1.54) is 0 Å². The van der Waals surface area contributed by atoms with Crippen LogP contribution >= 0.6 is 0 Å². The molecule has 2 aromatic rings. The number of alkyl carbamates (subject to hydrolysis) is 1. The molecule has 0 aromatic heterocycles. The van der Waals surface area contributed by atoms with Crippen molar-refractivity contribution in [2.24, 2.45) is 11.8 Å². The third kappa shape index (κ3) is 5.58. The maximum atomic E-state index is 12.8. The highest BCUT2D eigenvalue weighted by Gasteiger charge is 2.32. The van der Waals surface area contributed by atoms with Crippen LogP contribution in [0.4, 0.5) is 4.79 Å². The van der Waals surface area contributed by atoms with Gasteiger partial charge in [0, 0.05) is 12.0 Å². The van der Waals surface area contributed by atoms with Crippen molar-refractivity contribution in [2.45, 2.75) is 58.5 Å². The molecular weight excluding hydrogens is 432 g/mol. The number of amides is 2. The molecule has 2 amide bonds. The highest BCUT2D eigenvalue weighted by atomic mass is 16.5. The molecule has 0 spiro atoms. The minimum atomic E-state index is -0.959. The van der Waals surface area contributed by atoms with E-state index in [-0.39, 0.29) is 18.4 Å². The molecule has 0 saturated heterocycles. The smallest absolute Gasteiger partial charge is 0.407 e. The predicted molar refractivity (Wildman–Crippen MR) is 130 cm³/mol. The topological polar surface area (TPSA) is 105 Å². The molecule has 7 nitrogen and oxygen atoms in total. The summed E-state index contributed by atoms with van der Waals surface area (Å²) in [6, 6.07) is 14.8. The Labute approximate surface area is 200 Å². The molecule has 182 valence electrons. The molecule has 1 aliphatic carbocycles. The maximum Gasteiger partial charge on any atom is 0.407 e. The Morgan fingerprint density at radius 1 is 0.941 bits per heavy atom. The molecule has 1 aliphatic rings. The number of carboxylic acid groups (broad SMARTS) is 1. The quantitative estimate of drug-likeness (QED) is 0.476. The summed E-state index contributed by atoms with van der Waals surface area (Å²) in [6.45, 7) is 7.36. The number of fused-ring (bicyclic) bond motifs is 3. The van der Waals surface area contributed by atoms with Crippen LogP contribution in [-0.2, 0) is 14.3 Å². The lowest BCUT2D eigenvalue weighted by Gasteiger charge is -2.27. The highest BCUT2D eigenvalue weighted by molar-refractivity contribution is 5.86. The Morgan fingerprint density at radius 2 is 1.50 bits per heavy atom. The SMILES string of the molecule is CCCC(NC(=O)OCC1c2ccccc2-c2ccccc21)C(=O)NC(C)C(C(=O)O)C(C)C. The molecule has 0 saturated carbocycles. The fourth-order valence-electron chi connectivity index (χ4n) is 4.83. The lowest BCUT2D eigenvalue weighted by Crippen LogP contribution is -2.52. The Balaban J connectivity index is 1.63. The molecule has 3 atom stereocenters. The molecule has 0 heterocycles. The fraction of sp³-hybridized carbons (Fsp3) is 0.444. The fourth-order valence-corrected chi connectivity index (χ4v) is 4.83. The molecule has 2 aromatic carbocycles. The molecule has 0 aliphatic heterocycles. The number of rotatable bonds is 10. The van der Waals surface area contributed by atoms with Gasteiger partial charge < -0.3 is 20.5 Å². The van der Waals surface area contributed by atoms with E-state index in [1.807, 2.05) is 43.3 Å². The highest BCUT2D eigenvalue weighted by Crippen LogP contribution is 2.44. The lowest BCUT2D eigenvalue weighted by molar-refractivity contribution is -0.144. The van der Waals surface area contributed by atoms with Gasteiger partial charge >= 0.3 is 12.1 Å². The van der Waals surface area contributed by atoms with Gasteiger partial charge in [-0.15, -0.1) is 0 Å².